The Labute approximate surface area is 136 Å². The van der Waals surface area contributed by atoms with Crippen molar-refractivity contribution >= 4 is 17.8 Å². The molecule has 1 rings (SSSR count). The molecule has 2 N–H and O–H groups in total. The van der Waals surface area contributed by atoms with Crippen molar-refractivity contribution in [2.24, 2.45) is 5.92 Å². The lowest BCUT2D eigenvalue weighted by Crippen LogP contribution is -2.33. The molecule has 6 nitrogen and oxygen atoms in total. The van der Waals surface area contributed by atoms with E-state index in [1.165, 1.54) is 6.92 Å². The van der Waals surface area contributed by atoms with Crippen molar-refractivity contribution in [3.8, 4) is 0 Å². The maximum Gasteiger partial charge on any atom is 0.308 e. The minimum absolute atomic E-state index is 0.0267. The average molecular weight is 320 g/mol. The summed E-state index contributed by atoms with van der Waals surface area (Å²) in [5.74, 6) is -0.770. The van der Waals surface area contributed by atoms with Crippen LogP contribution in [0.2, 0.25) is 0 Å². The van der Waals surface area contributed by atoms with Crippen LogP contribution in [0, 0.1) is 5.92 Å². The van der Waals surface area contributed by atoms with Gasteiger partial charge in [0.1, 0.15) is 0 Å². The van der Waals surface area contributed by atoms with Gasteiger partial charge in [-0.2, -0.15) is 0 Å². The lowest BCUT2D eigenvalue weighted by Gasteiger charge is -2.17. The van der Waals surface area contributed by atoms with E-state index in [2.05, 4.69) is 10.6 Å². The Morgan fingerprint density at radius 1 is 1.13 bits per heavy atom. The standard InChI is InChI=1S/C17H24N2O4/c1-12(2)10-18-16(21)11-23-17(22)9-15(19-13(3)20)14-7-5-4-6-8-14/h4-8,12,15H,9-11H2,1-3H3,(H,18,21)(H,19,20)/t15-/m1/s1. The molecule has 2 amide bonds. The number of carbonyl (C=O) groups is 3. The molecule has 0 unspecified atom stereocenters. The van der Waals surface area contributed by atoms with Crippen LogP contribution in [0.5, 0.6) is 0 Å². The first-order valence-electron chi connectivity index (χ1n) is 7.63. The second-order valence-electron chi connectivity index (χ2n) is 5.73. The number of nitrogens with one attached hydrogen (secondary N) is 2. The van der Waals surface area contributed by atoms with Gasteiger partial charge < -0.3 is 15.4 Å². The summed E-state index contributed by atoms with van der Waals surface area (Å²) in [7, 11) is 0. The molecule has 0 radical (unpaired) electrons. The first-order chi connectivity index (χ1) is 10.9. The van der Waals surface area contributed by atoms with Crippen LogP contribution in [0.15, 0.2) is 30.3 Å². The predicted molar refractivity (Wildman–Crippen MR) is 86.4 cm³/mol. The highest BCUT2D eigenvalue weighted by molar-refractivity contribution is 5.81. The summed E-state index contributed by atoms with van der Waals surface area (Å²) in [6, 6.07) is 8.68. The molecule has 0 fully saturated rings. The molecular formula is C17H24N2O4. The highest BCUT2D eigenvalue weighted by Crippen LogP contribution is 2.17. The monoisotopic (exact) mass is 320 g/mol. The molecule has 0 aliphatic heterocycles. The molecule has 6 heteroatoms. The zero-order valence-electron chi connectivity index (χ0n) is 13.8. The molecule has 0 spiro atoms. The summed E-state index contributed by atoms with van der Waals surface area (Å²) in [6.07, 6.45) is -0.0267. The highest BCUT2D eigenvalue weighted by atomic mass is 16.5. The zero-order valence-corrected chi connectivity index (χ0v) is 13.8. The highest BCUT2D eigenvalue weighted by Gasteiger charge is 2.18. The number of amides is 2. The van der Waals surface area contributed by atoms with Crippen LogP contribution in [0.1, 0.15) is 38.8 Å². The lowest BCUT2D eigenvalue weighted by molar-refractivity contribution is -0.149. The minimum atomic E-state index is -0.535. The second kappa shape index (κ2) is 9.61. The summed E-state index contributed by atoms with van der Waals surface area (Å²) >= 11 is 0. The van der Waals surface area contributed by atoms with Crippen LogP contribution in [-0.4, -0.2) is 30.9 Å². The molecule has 0 aliphatic carbocycles. The van der Waals surface area contributed by atoms with E-state index in [4.69, 9.17) is 4.74 Å². The van der Waals surface area contributed by atoms with Gasteiger partial charge in [0.25, 0.3) is 5.91 Å². The molecule has 0 bridgehead atoms. The van der Waals surface area contributed by atoms with E-state index in [9.17, 15) is 14.4 Å². The van der Waals surface area contributed by atoms with Crippen LogP contribution < -0.4 is 10.6 Å². The van der Waals surface area contributed by atoms with E-state index in [1.807, 2.05) is 44.2 Å². The molecule has 1 aromatic rings. The van der Waals surface area contributed by atoms with Gasteiger partial charge in [0.15, 0.2) is 6.61 Å². The number of benzene rings is 1. The van der Waals surface area contributed by atoms with Gasteiger partial charge in [0, 0.05) is 13.5 Å². The largest absolute Gasteiger partial charge is 0.456 e. The Morgan fingerprint density at radius 2 is 1.78 bits per heavy atom. The van der Waals surface area contributed by atoms with Crippen molar-refractivity contribution in [1.82, 2.24) is 10.6 Å². The Morgan fingerprint density at radius 3 is 2.35 bits per heavy atom. The van der Waals surface area contributed by atoms with E-state index in [1.54, 1.807) is 0 Å². The van der Waals surface area contributed by atoms with Crippen molar-refractivity contribution in [1.29, 1.82) is 0 Å². The first-order valence-corrected chi connectivity index (χ1v) is 7.63. The molecule has 0 aliphatic rings. The van der Waals surface area contributed by atoms with Crippen LogP contribution in [-0.2, 0) is 19.1 Å². The third-order valence-corrected chi connectivity index (χ3v) is 3.02. The second-order valence-corrected chi connectivity index (χ2v) is 5.73. The lowest BCUT2D eigenvalue weighted by atomic mass is 10.0. The van der Waals surface area contributed by atoms with E-state index < -0.39 is 12.0 Å². The summed E-state index contributed by atoms with van der Waals surface area (Å²) in [5, 5.41) is 5.38. The van der Waals surface area contributed by atoms with E-state index >= 15 is 0 Å². The number of hydrogen-bond acceptors (Lipinski definition) is 4. The van der Waals surface area contributed by atoms with Crippen LogP contribution in [0.25, 0.3) is 0 Å². The fourth-order valence-corrected chi connectivity index (χ4v) is 1.92. The third-order valence-electron chi connectivity index (χ3n) is 3.02. The Bertz CT molecular complexity index is 529. The summed E-state index contributed by atoms with van der Waals surface area (Å²) in [4.78, 5) is 34.7. The van der Waals surface area contributed by atoms with Crippen LogP contribution >= 0.6 is 0 Å². The van der Waals surface area contributed by atoms with Gasteiger partial charge in [0.05, 0.1) is 12.5 Å². The van der Waals surface area contributed by atoms with Gasteiger partial charge in [-0.3, -0.25) is 14.4 Å². The Balaban J connectivity index is 2.51. The number of carbonyl (C=O) groups excluding carboxylic acids is 3. The minimum Gasteiger partial charge on any atom is -0.456 e. The van der Waals surface area contributed by atoms with E-state index in [0.717, 1.165) is 5.56 Å². The number of hydrogen-bond donors (Lipinski definition) is 2. The number of esters is 1. The summed E-state index contributed by atoms with van der Waals surface area (Å²) in [5.41, 5.74) is 0.809. The van der Waals surface area contributed by atoms with Gasteiger partial charge in [-0.25, -0.2) is 0 Å². The van der Waals surface area contributed by atoms with Crippen LogP contribution in [0.4, 0.5) is 0 Å². The smallest absolute Gasteiger partial charge is 0.308 e. The van der Waals surface area contributed by atoms with Crippen molar-refractivity contribution in [3.05, 3.63) is 35.9 Å². The molecular weight excluding hydrogens is 296 g/mol. The van der Waals surface area contributed by atoms with Gasteiger partial charge in [-0.15, -0.1) is 0 Å². The molecule has 0 heterocycles. The average Bonchev–Trinajstić information content (AvgIpc) is 2.50. The topological polar surface area (TPSA) is 84.5 Å². The van der Waals surface area contributed by atoms with Crippen molar-refractivity contribution in [3.63, 3.8) is 0 Å². The summed E-state index contributed by atoms with van der Waals surface area (Å²) in [6.45, 7) is 5.57. The van der Waals surface area contributed by atoms with E-state index in [0.29, 0.717) is 12.5 Å². The summed E-state index contributed by atoms with van der Waals surface area (Å²) < 4.78 is 4.97. The normalized spacial score (nSPS) is 11.7. The molecule has 0 saturated heterocycles. The van der Waals surface area contributed by atoms with E-state index in [-0.39, 0.29) is 24.8 Å². The molecule has 126 valence electrons. The molecule has 1 atom stereocenters. The molecule has 0 aromatic heterocycles. The molecule has 0 saturated carbocycles. The van der Waals surface area contributed by atoms with Crippen LogP contribution in [0.3, 0.4) is 0 Å². The fraction of sp³-hybridized carbons (Fsp3) is 0.471. The maximum atomic E-state index is 11.9. The Kier molecular flexibility index (Phi) is 7.80. The number of rotatable bonds is 8. The quantitative estimate of drug-likeness (QED) is 0.712. The third kappa shape index (κ3) is 7.99. The Hall–Kier alpha value is -2.37. The zero-order chi connectivity index (χ0) is 17.2. The SMILES string of the molecule is CC(=O)N[C@H](CC(=O)OCC(=O)NCC(C)C)c1ccccc1. The fourth-order valence-electron chi connectivity index (χ4n) is 1.92. The molecule has 1 aromatic carbocycles. The number of ether oxygens (including phenoxy) is 1. The van der Waals surface area contributed by atoms with Gasteiger partial charge in [0.2, 0.25) is 5.91 Å². The van der Waals surface area contributed by atoms with Crippen molar-refractivity contribution in [2.75, 3.05) is 13.2 Å². The molecule has 23 heavy (non-hydrogen) atoms. The maximum absolute atomic E-state index is 11.9. The first kappa shape index (κ1) is 18.7. The van der Waals surface area contributed by atoms with Crippen molar-refractivity contribution < 1.29 is 19.1 Å². The van der Waals surface area contributed by atoms with Gasteiger partial charge in [-0.1, -0.05) is 44.2 Å². The van der Waals surface area contributed by atoms with Gasteiger partial charge >= 0.3 is 5.97 Å². The van der Waals surface area contributed by atoms with Crippen molar-refractivity contribution in [2.45, 2.75) is 33.2 Å². The van der Waals surface area contributed by atoms with Gasteiger partial charge in [-0.05, 0) is 11.5 Å². The predicted octanol–water partition coefficient (Wildman–Crippen LogP) is 1.57.